The van der Waals surface area contributed by atoms with Gasteiger partial charge in [-0.2, -0.15) is 0 Å². The molecule has 1 aromatic carbocycles. The molecule has 6 heteroatoms. The van der Waals surface area contributed by atoms with Gasteiger partial charge < -0.3 is 11.5 Å². The molecular formula is C12H21N3O2S. The summed E-state index contributed by atoms with van der Waals surface area (Å²) in [6, 6.07) is 7.19. The van der Waals surface area contributed by atoms with Crippen molar-refractivity contribution >= 4 is 10.0 Å². The van der Waals surface area contributed by atoms with Crippen LogP contribution in [0.3, 0.4) is 0 Å². The molecule has 0 bridgehead atoms. The van der Waals surface area contributed by atoms with Crippen LogP contribution in [-0.4, -0.2) is 20.5 Å². The molecule has 0 amide bonds. The van der Waals surface area contributed by atoms with Crippen LogP contribution in [0.4, 0.5) is 0 Å². The number of benzene rings is 1. The minimum absolute atomic E-state index is 0.156. The van der Waals surface area contributed by atoms with Gasteiger partial charge in [0.15, 0.2) is 0 Å². The van der Waals surface area contributed by atoms with E-state index in [1.807, 2.05) is 6.92 Å². The van der Waals surface area contributed by atoms with Gasteiger partial charge in [-0.05, 0) is 38.3 Å². The summed E-state index contributed by atoms with van der Waals surface area (Å²) < 4.78 is 21.4. The quantitative estimate of drug-likeness (QED) is 0.689. The Morgan fingerprint density at radius 1 is 1.06 bits per heavy atom. The molecule has 0 aliphatic heterocycles. The zero-order valence-corrected chi connectivity index (χ0v) is 11.4. The molecule has 0 unspecified atom stereocenters. The maximum Gasteiger partial charge on any atom is 0.238 e. The maximum absolute atomic E-state index is 10.7. The molecule has 5 nitrogen and oxygen atoms in total. The number of hydrogen-bond donors (Lipinski definition) is 3. The Morgan fingerprint density at radius 2 is 1.50 bits per heavy atom. The molecule has 1 aliphatic carbocycles. The lowest BCUT2D eigenvalue weighted by molar-refractivity contribution is 0.598. The third-order valence-corrected chi connectivity index (χ3v) is 3.79. The summed E-state index contributed by atoms with van der Waals surface area (Å²) in [4.78, 5) is 0.156. The lowest BCUT2D eigenvalue weighted by Crippen LogP contribution is -2.20. The lowest BCUT2D eigenvalue weighted by atomic mass is 10.2. The van der Waals surface area contributed by atoms with Crippen LogP contribution in [0.1, 0.15) is 24.8 Å². The van der Waals surface area contributed by atoms with E-state index in [9.17, 15) is 8.42 Å². The fourth-order valence-electron chi connectivity index (χ4n) is 1.78. The topological polar surface area (TPSA) is 112 Å². The first-order valence-corrected chi connectivity index (χ1v) is 7.44. The van der Waals surface area contributed by atoms with Crippen LogP contribution in [0.5, 0.6) is 0 Å². The SMILES string of the molecule is Cc1ccc(S(N)(=O)=O)cc1.N[C@@H]1CC[C@H](N)C1. The molecule has 2 atom stereocenters. The first kappa shape index (κ1) is 15.1. The van der Waals surface area contributed by atoms with Crippen molar-refractivity contribution in [1.29, 1.82) is 0 Å². The molecule has 1 saturated carbocycles. The number of primary sulfonamides is 1. The average molecular weight is 271 g/mol. The van der Waals surface area contributed by atoms with Gasteiger partial charge in [-0.15, -0.1) is 0 Å². The predicted molar refractivity (Wildman–Crippen MR) is 72.4 cm³/mol. The highest BCUT2D eigenvalue weighted by Gasteiger charge is 2.16. The second-order valence-electron chi connectivity index (χ2n) is 4.69. The van der Waals surface area contributed by atoms with Crippen LogP contribution in [0.2, 0.25) is 0 Å². The number of hydrogen-bond acceptors (Lipinski definition) is 4. The fourth-order valence-corrected chi connectivity index (χ4v) is 2.30. The summed E-state index contributed by atoms with van der Waals surface area (Å²) in [5.74, 6) is 0. The van der Waals surface area contributed by atoms with Crippen molar-refractivity contribution in [3.05, 3.63) is 29.8 Å². The summed E-state index contributed by atoms with van der Waals surface area (Å²) in [7, 11) is -3.52. The van der Waals surface area contributed by atoms with Gasteiger partial charge in [0.2, 0.25) is 10.0 Å². The second-order valence-corrected chi connectivity index (χ2v) is 6.25. The monoisotopic (exact) mass is 271 g/mol. The number of nitrogens with two attached hydrogens (primary N) is 3. The smallest absolute Gasteiger partial charge is 0.238 e. The second kappa shape index (κ2) is 6.29. The van der Waals surface area contributed by atoms with Crippen molar-refractivity contribution in [1.82, 2.24) is 0 Å². The lowest BCUT2D eigenvalue weighted by Gasteiger charge is -1.97. The van der Waals surface area contributed by atoms with Crippen molar-refractivity contribution in [2.75, 3.05) is 0 Å². The van der Waals surface area contributed by atoms with Crippen LogP contribution in [-0.2, 0) is 10.0 Å². The third kappa shape index (κ3) is 5.14. The van der Waals surface area contributed by atoms with Gasteiger partial charge in [0.25, 0.3) is 0 Å². The highest BCUT2D eigenvalue weighted by Crippen LogP contribution is 2.14. The molecule has 2 rings (SSSR count). The molecule has 1 fully saturated rings. The minimum Gasteiger partial charge on any atom is -0.328 e. The van der Waals surface area contributed by atoms with Crippen molar-refractivity contribution in [2.24, 2.45) is 16.6 Å². The van der Waals surface area contributed by atoms with E-state index in [1.165, 1.54) is 12.1 Å². The molecule has 18 heavy (non-hydrogen) atoms. The Hall–Kier alpha value is -0.950. The Balaban J connectivity index is 0.000000199. The standard InChI is InChI=1S/C7H9NO2S.C5H12N2/c1-6-2-4-7(5-3-6)11(8,9)10;6-4-1-2-5(7)3-4/h2-5H,1H3,(H2,8,9,10);4-5H,1-3,6-7H2/t;4-,5+. The van der Waals surface area contributed by atoms with Gasteiger partial charge in [-0.25, -0.2) is 13.6 Å². The summed E-state index contributed by atoms with van der Waals surface area (Å²) in [5, 5.41) is 4.88. The molecule has 0 spiro atoms. The van der Waals surface area contributed by atoms with E-state index < -0.39 is 10.0 Å². The normalized spacial score (nSPS) is 23.3. The number of aryl methyl sites for hydroxylation is 1. The van der Waals surface area contributed by atoms with Crippen molar-refractivity contribution < 1.29 is 8.42 Å². The van der Waals surface area contributed by atoms with Gasteiger partial charge in [0.1, 0.15) is 0 Å². The number of rotatable bonds is 1. The van der Waals surface area contributed by atoms with E-state index in [2.05, 4.69) is 0 Å². The van der Waals surface area contributed by atoms with Gasteiger partial charge in [-0.3, -0.25) is 0 Å². The summed E-state index contributed by atoms with van der Waals surface area (Å²) in [5.41, 5.74) is 12.1. The largest absolute Gasteiger partial charge is 0.328 e. The molecule has 102 valence electrons. The fraction of sp³-hybridized carbons (Fsp3) is 0.500. The molecular weight excluding hydrogens is 250 g/mol. The van der Waals surface area contributed by atoms with Crippen LogP contribution >= 0.6 is 0 Å². The van der Waals surface area contributed by atoms with E-state index in [0.717, 1.165) is 24.8 Å². The summed E-state index contributed by atoms with van der Waals surface area (Å²) in [6.07, 6.45) is 3.28. The summed E-state index contributed by atoms with van der Waals surface area (Å²) in [6.45, 7) is 1.88. The van der Waals surface area contributed by atoms with Crippen LogP contribution < -0.4 is 16.6 Å². The van der Waals surface area contributed by atoms with Gasteiger partial charge >= 0.3 is 0 Å². The highest BCUT2D eigenvalue weighted by atomic mass is 32.2. The zero-order chi connectivity index (χ0) is 13.8. The van der Waals surface area contributed by atoms with E-state index in [0.29, 0.717) is 12.1 Å². The Kier molecular flexibility index (Phi) is 5.28. The summed E-state index contributed by atoms with van der Waals surface area (Å²) >= 11 is 0. The van der Waals surface area contributed by atoms with Crippen LogP contribution in [0, 0.1) is 6.92 Å². The zero-order valence-electron chi connectivity index (χ0n) is 10.5. The Morgan fingerprint density at radius 3 is 1.78 bits per heavy atom. The number of sulfonamides is 1. The van der Waals surface area contributed by atoms with Crippen LogP contribution in [0.25, 0.3) is 0 Å². The van der Waals surface area contributed by atoms with Gasteiger partial charge in [0.05, 0.1) is 4.90 Å². The molecule has 0 heterocycles. The molecule has 0 radical (unpaired) electrons. The first-order chi connectivity index (χ1) is 8.29. The predicted octanol–water partition coefficient (Wildman–Crippen LogP) is 0.467. The first-order valence-electron chi connectivity index (χ1n) is 5.89. The van der Waals surface area contributed by atoms with E-state index in [1.54, 1.807) is 12.1 Å². The van der Waals surface area contributed by atoms with Crippen LogP contribution in [0.15, 0.2) is 29.2 Å². The van der Waals surface area contributed by atoms with Crippen molar-refractivity contribution in [3.8, 4) is 0 Å². The van der Waals surface area contributed by atoms with Gasteiger partial charge in [-0.1, -0.05) is 17.7 Å². The molecule has 1 aliphatic rings. The van der Waals surface area contributed by atoms with E-state index in [4.69, 9.17) is 16.6 Å². The van der Waals surface area contributed by atoms with Crippen molar-refractivity contribution in [2.45, 2.75) is 43.2 Å². The Labute approximate surface area is 108 Å². The molecule has 6 N–H and O–H groups in total. The molecule has 1 aromatic rings. The maximum atomic E-state index is 10.7. The minimum atomic E-state index is -3.52. The van der Waals surface area contributed by atoms with E-state index >= 15 is 0 Å². The highest BCUT2D eigenvalue weighted by molar-refractivity contribution is 7.89. The van der Waals surface area contributed by atoms with Gasteiger partial charge in [0, 0.05) is 12.1 Å². The van der Waals surface area contributed by atoms with E-state index in [-0.39, 0.29) is 4.90 Å². The third-order valence-electron chi connectivity index (χ3n) is 2.86. The molecule has 0 aromatic heterocycles. The Bertz CT molecular complexity index is 463. The van der Waals surface area contributed by atoms with Crippen molar-refractivity contribution in [3.63, 3.8) is 0 Å². The molecule has 0 saturated heterocycles. The average Bonchev–Trinajstić information content (AvgIpc) is 2.62.